The van der Waals surface area contributed by atoms with E-state index in [1.165, 1.54) is 0 Å². The zero-order valence-corrected chi connectivity index (χ0v) is 7.66. The fraction of sp³-hybridized carbons (Fsp3) is 0.700. The molecular weight excluding hydrogens is 152 g/mol. The molecule has 0 aromatic rings. The number of allylic oxidation sites excluding steroid dienone is 1. The molecule has 0 heterocycles. The van der Waals surface area contributed by atoms with E-state index < -0.39 is 6.10 Å². The maximum Gasteiger partial charge on any atom is 0.0568 e. The molecule has 2 nitrogen and oxygen atoms in total. The first kappa shape index (κ1) is 11.4. The van der Waals surface area contributed by atoms with Crippen molar-refractivity contribution in [2.45, 2.75) is 44.8 Å². The van der Waals surface area contributed by atoms with Crippen LogP contribution in [0.25, 0.3) is 0 Å². The molecule has 12 heavy (non-hydrogen) atoms. The molecule has 70 valence electrons. The number of aliphatic hydroxyl groups excluding tert-OH is 2. The van der Waals surface area contributed by atoms with Crippen molar-refractivity contribution < 1.29 is 10.2 Å². The molecule has 0 aliphatic rings. The van der Waals surface area contributed by atoms with Gasteiger partial charge in [-0.3, -0.25) is 0 Å². The first-order valence-corrected chi connectivity index (χ1v) is 4.41. The van der Waals surface area contributed by atoms with Gasteiger partial charge in [-0.25, -0.2) is 0 Å². The third kappa shape index (κ3) is 6.17. The lowest BCUT2D eigenvalue weighted by Gasteiger charge is -2.12. The Hall–Kier alpha value is -0.560. The molecule has 2 unspecified atom stereocenters. The van der Waals surface area contributed by atoms with Gasteiger partial charge in [-0.1, -0.05) is 13.5 Å². The molecule has 0 aliphatic carbocycles. The van der Waals surface area contributed by atoms with Crippen LogP contribution in [0.2, 0.25) is 0 Å². The molecule has 0 bridgehead atoms. The van der Waals surface area contributed by atoms with Crippen LogP contribution in [0.4, 0.5) is 0 Å². The molecule has 2 heteroatoms. The summed E-state index contributed by atoms with van der Waals surface area (Å²) in [5, 5.41) is 18.5. The van der Waals surface area contributed by atoms with Gasteiger partial charge >= 0.3 is 0 Å². The van der Waals surface area contributed by atoms with Gasteiger partial charge < -0.3 is 10.2 Å². The lowest BCUT2D eigenvalue weighted by molar-refractivity contribution is 0.0743. The molecule has 0 rings (SSSR count). The second kappa shape index (κ2) is 7.11. The molecule has 0 radical (unpaired) electrons. The van der Waals surface area contributed by atoms with Crippen LogP contribution in [-0.2, 0) is 0 Å². The van der Waals surface area contributed by atoms with E-state index in [1.807, 2.05) is 6.92 Å². The summed E-state index contributed by atoms with van der Waals surface area (Å²) in [5.41, 5.74) is 2.64. The van der Waals surface area contributed by atoms with Gasteiger partial charge in [0.25, 0.3) is 0 Å². The van der Waals surface area contributed by atoms with Gasteiger partial charge in [-0.2, -0.15) is 0 Å². The molecule has 2 N–H and O–H groups in total. The largest absolute Gasteiger partial charge is 0.393 e. The Morgan fingerprint density at radius 1 is 1.42 bits per heavy atom. The van der Waals surface area contributed by atoms with Gasteiger partial charge in [0.1, 0.15) is 0 Å². The highest BCUT2D eigenvalue weighted by atomic mass is 16.3. The van der Waals surface area contributed by atoms with Gasteiger partial charge in [0.2, 0.25) is 0 Å². The number of aliphatic hydroxyl groups is 2. The Bertz CT molecular complexity index is 148. The van der Waals surface area contributed by atoms with Crippen LogP contribution in [0.1, 0.15) is 32.6 Å². The highest BCUT2D eigenvalue weighted by Gasteiger charge is 2.08. The van der Waals surface area contributed by atoms with Gasteiger partial charge in [0.15, 0.2) is 0 Å². The van der Waals surface area contributed by atoms with Crippen molar-refractivity contribution in [3.63, 3.8) is 0 Å². The molecular formula is C10H18O2. The minimum absolute atomic E-state index is 0.368. The third-order valence-electron chi connectivity index (χ3n) is 1.80. The average Bonchev–Trinajstić information content (AvgIpc) is 2.05. The highest BCUT2D eigenvalue weighted by molar-refractivity contribution is 4.77. The third-order valence-corrected chi connectivity index (χ3v) is 1.80. The van der Waals surface area contributed by atoms with Crippen LogP contribution in [0, 0.1) is 0 Å². The van der Waals surface area contributed by atoms with Gasteiger partial charge in [-0.15, -0.1) is 5.73 Å². The van der Waals surface area contributed by atoms with E-state index in [-0.39, 0.29) is 6.10 Å². The summed E-state index contributed by atoms with van der Waals surface area (Å²) < 4.78 is 0. The fourth-order valence-electron chi connectivity index (χ4n) is 0.976. The van der Waals surface area contributed by atoms with E-state index in [2.05, 4.69) is 12.3 Å². The van der Waals surface area contributed by atoms with Crippen molar-refractivity contribution in [2.75, 3.05) is 0 Å². The maximum atomic E-state index is 9.35. The summed E-state index contributed by atoms with van der Waals surface area (Å²) >= 11 is 0. The summed E-state index contributed by atoms with van der Waals surface area (Å²) in [6.45, 7) is 5.33. The van der Waals surface area contributed by atoms with Gasteiger partial charge in [0.05, 0.1) is 12.2 Å². The minimum atomic E-state index is -0.399. The molecule has 0 spiro atoms. The van der Waals surface area contributed by atoms with E-state index >= 15 is 0 Å². The lowest BCUT2D eigenvalue weighted by Crippen LogP contribution is -2.16. The summed E-state index contributed by atoms with van der Waals surface area (Å²) in [4.78, 5) is 0. The van der Waals surface area contributed by atoms with Crippen molar-refractivity contribution in [3.05, 3.63) is 18.4 Å². The second-order valence-electron chi connectivity index (χ2n) is 2.94. The first-order chi connectivity index (χ1) is 5.70. The van der Waals surface area contributed by atoms with Gasteiger partial charge in [-0.05, 0) is 31.8 Å². The van der Waals surface area contributed by atoms with Crippen molar-refractivity contribution in [2.24, 2.45) is 0 Å². The molecule has 0 aromatic heterocycles. The number of rotatable bonds is 6. The molecule has 0 fully saturated rings. The number of hydrogen-bond acceptors (Lipinski definition) is 2. The summed E-state index contributed by atoms with van der Waals surface area (Å²) in [6.07, 6.45) is 3.66. The summed E-state index contributed by atoms with van der Waals surface area (Å²) in [7, 11) is 0. The smallest absolute Gasteiger partial charge is 0.0568 e. The van der Waals surface area contributed by atoms with Crippen molar-refractivity contribution in [1.82, 2.24) is 0 Å². The van der Waals surface area contributed by atoms with Crippen molar-refractivity contribution in [3.8, 4) is 0 Å². The zero-order valence-electron chi connectivity index (χ0n) is 7.66. The summed E-state index contributed by atoms with van der Waals surface area (Å²) in [5.74, 6) is 0. The van der Waals surface area contributed by atoms with E-state index in [0.29, 0.717) is 19.3 Å². The summed E-state index contributed by atoms with van der Waals surface area (Å²) in [6, 6.07) is 0. The zero-order chi connectivity index (χ0) is 9.40. The Morgan fingerprint density at radius 3 is 2.58 bits per heavy atom. The molecule has 0 saturated carbocycles. The molecule has 2 atom stereocenters. The van der Waals surface area contributed by atoms with E-state index in [0.717, 1.165) is 6.42 Å². The number of hydrogen-bond donors (Lipinski definition) is 2. The van der Waals surface area contributed by atoms with Crippen LogP contribution >= 0.6 is 0 Å². The molecule has 0 amide bonds. The monoisotopic (exact) mass is 170 g/mol. The van der Waals surface area contributed by atoms with Crippen molar-refractivity contribution in [1.29, 1.82) is 0 Å². The topological polar surface area (TPSA) is 40.5 Å². The predicted octanol–water partition coefficient (Wildman–Crippen LogP) is 1.63. The van der Waals surface area contributed by atoms with E-state index in [9.17, 15) is 10.2 Å². The lowest BCUT2D eigenvalue weighted by atomic mass is 10.1. The highest BCUT2D eigenvalue weighted by Crippen LogP contribution is 2.07. The SMILES string of the molecule is C=C=CCCC(O)CC(O)CC. The standard InChI is InChI=1S/C10H18O2/c1-3-5-6-7-10(12)8-9(11)4-2/h5,9-12H,1,4,6-8H2,2H3. The van der Waals surface area contributed by atoms with Gasteiger partial charge in [0, 0.05) is 0 Å². The average molecular weight is 170 g/mol. The Balaban J connectivity index is 3.44. The predicted molar refractivity (Wildman–Crippen MR) is 49.9 cm³/mol. The molecule has 0 saturated heterocycles. The van der Waals surface area contributed by atoms with Crippen LogP contribution in [0.15, 0.2) is 18.4 Å². The fourth-order valence-corrected chi connectivity index (χ4v) is 0.976. The normalized spacial score (nSPS) is 14.9. The second-order valence-corrected chi connectivity index (χ2v) is 2.94. The Labute approximate surface area is 74.2 Å². The van der Waals surface area contributed by atoms with Crippen LogP contribution in [0.3, 0.4) is 0 Å². The molecule has 0 aromatic carbocycles. The minimum Gasteiger partial charge on any atom is -0.393 e. The Kier molecular flexibility index (Phi) is 6.78. The first-order valence-electron chi connectivity index (χ1n) is 4.41. The van der Waals surface area contributed by atoms with Crippen LogP contribution in [-0.4, -0.2) is 22.4 Å². The van der Waals surface area contributed by atoms with E-state index in [1.54, 1.807) is 6.08 Å². The molecule has 0 aliphatic heterocycles. The van der Waals surface area contributed by atoms with Crippen LogP contribution in [0.5, 0.6) is 0 Å². The van der Waals surface area contributed by atoms with Crippen molar-refractivity contribution >= 4 is 0 Å². The Morgan fingerprint density at radius 2 is 2.08 bits per heavy atom. The quantitative estimate of drug-likeness (QED) is 0.595. The van der Waals surface area contributed by atoms with E-state index in [4.69, 9.17) is 0 Å². The van der Waals surface area contributed by atoms with Crippen LogP contribution < -0.4 is 0 Å². The maximum absolute atomic E-state index is 9.35.